The highest BCUT2D eigenvalue weighted by atomic mass is 16.5. The van der Waals surface area contributed by atoms with Crippen molar-refractivity contribution in [1.29, 1.82) is 0 Å². The third-order valence-corrected chi connectivity index (χ3v) is 2.68. The van der Waals surface area contributed by atoms with Gasteiger partial charge >= 0.3 is 0 Å². The van der Waals surface area contributed by atoms with Crippen LogP contribution in [-0.4, -0.2) is 42.6 Å². The van der Waals surface area contributed by atoms with E-state index >= 15 is 0 Å². The summed E-state index contributed by atoms with van der Waals surface area (Å²) in [4.78, 5) is 20.1. The van der Waals surface area contributed by atoms with Gasteiger partial charge in [0.2, 0.25) is 11.7 Å². The monoisotopic (exact) mass is 281 g/mol. The molecule has 1 atom stereocenters. The highest BCUT2D eigenvalue weighted by Crippen LogP contribution is 2.28. The van der Waals surface area contributed by atoms with Crippen LogP contribution >= 0.6 is 0 Å². The Morgan fingerprint density at radius 3 is 2.50 bits per heavy atom. The van der Waals surface area contributed by atoms with Crippen LogP contribution in [0.15, 0.2) is 6.33 Å². The number of hydrogen-bond acceptors (Lipinski definition) is 6. The van der Waals surface area contributed by atoms with Crippen LogP contribution in [0.4, 0.5) is 11.6 Å². The van der Waals surface area contributed by atoms with Crippen molar-refractivity contribution in [3.05, 3.63) is 6.33 Å². The highest BCUT2D eigenvalue weighted by Gasteiger charge is 2.17. The number of methoxy groups -OCH3 is 1. The van der Waals surface area contributed by atoms with Crippen molar-refractivity contribution in [3.63, 3.8) is 0 Å². The Morgan fingerprint density at radius 2 is 1.95 bits per heavy atom. The molecule has 1 aromatic rings. The quantitative estimate of drug-likeness (QED) is 0.693. The zero-order valence-corrected chi connectivity index (χ0v) is 12.7. The van der Waals surface area contributed by atoms with Crippen LogP contribution in [0.5, 0.6) is 5.75 Å². The SMILES string of the molecule is CNc1ncnc(NC(C)C(=O)NCC(C)C)c1OC. The Morgan fingerprint density at radius 1 is 1.30 bits per heavy atom. The molecule has 0 radical (unpaired) electrons. The fourth-order valence-corrected chi connectivity index (χ4v) is 1.58. The Kier molecular flexibility index (Phi) is 6.02. The lowest BCUT2D eigenvalue weighted by molar-refractivity contribution is -0.121. The lowest BCUT2D eigenvalue weighted by atomic mass is 10.2. The second-order valence-electron chi connectivity index (χ2n) is 4.86. The topological polar surface area (TPSA) is 88.2 Å². The van der Waals surface area contributed by atoms with Gasteiger partial charge in [0, 0.05) is 13.6 Å². The number of aromatic nitrogens is 2. The molecule has 7 nitrogen and oxygen atoms in total. The van der Waals surface area contributed by atoms with Gasteiger partial charge in [-0.3, -0.25) is 4.79 Å². The third kappa shape index (κ3) is 4.25. The van der Waals surface area contributed by atoms with Gasteiger partial charge in [-0.15, -0.1) is 0 Å². The molecule has 20 heavy (non-hydrogen) atoms. The predicted molar refractivity (Wildman–Crippen MR) is 79.1 cm³/mol. The van der Waals surface area contributed by atoms with E-state index in [9.17, 15) is 4.79 Å². The minimum absolute atomic E-state index is 0.0784. The lowest BCUT2D eigenvalue weighted by Crippen LogP contribution is -2.39. The summed E-state index contributed by atoms with van der Waals surface area (Å²) in [5, 5.41) is 8.81. The number of anilines is 2. The van der Waals surface area contributed by atoms with Gasteiger partial charge in [-0.05, 0) is 12.8 Å². The molecule has 1 aromatic heterocycles. The minimum atomic E-state index is -0.415. The molecule has 0 spiro atoms. The molecule has 3 N–H and O–H groups in total. The fraction of sp³-hybridized carbons (Fsp3) is 0.615. The molecule has 0 saturated carbocycles. The number of hydrogen-bond donors (Lipinski definition) is 3. The molecule has 0 bridgehead atoms. The number of nitrogens with one attached hydrogen (secondary N) is 3. The smallest absolute Gasteiger partial charge is 0.242 e. The number of ether oxygens (including phenoxy) is 1. The molecule has 0 aliphatic rings. The van der Waals surface area contributed by atoms with Gasteiger partial charge in [-0.25, -0.2) is 9.97 Å². The number of nitrogens with zero attached hydrogens (tertiary/aromatic N) is 2. The number of carbonyl (C=O) groups excluding carboxylic acids is 1. The second-order valence-corrected chi connectivity index (χ2v) is 4.86. The summed E-state index contributed by atoms with van der Waals surface area (Å²) in [6.07, 6.45) is 1.41. The minimum Gasteiger partial charge on any atom is -0.490 e. The summed E-state index contributed by atoms with van der Waals surface area (Å²) in [6.45, 7) is 6.51. The van der Waals surface area contributed by atoms with E-state index in [4.69, 9.17) is 4.74 Å². The molecule has 1 amide bonds. The Labute approximate surface area is 119 Å². The zero-order chi connectivity index (χ0) is 15.1. The molecule has 112 valence electrons. The van der Waals surface area contributed by atoms with Crippen molar-refractivity contribution in [2.24, 2.45) is 5.92 Å². The van der Waals surface area contributed by atoms with Gasteiger partial charge in [0.15, 0.2) is 11.6 Å². The van der Waals surface area contributed by atoms with Crippen molar-refractivity contribution in [1.82, 2.24) is 15.3 Å². The Bertz CT molecular complexity index is 450. The first-order valence-corrected chi connectivity index (χ1v) is 6.60. The molecule has 0 aromatic carbocycles. The lowest BCUT2D eigenvalue weighted by Gasteiger charge is -2.18. The summed E-state index contributed by atoms with van der Waals surface area (Å²) < 4.78 is 5.26. The average molecular weight is 281 g/mol. The number of carbonyl (C=O) groups is 1. The average Bonchev–Trinajstić information content (AvgIpc) is 2.44. The molecular weight excluding hydrogens is 258 g/mol. The fourth-order valence-electron chi connectivity index (χ4n) is 1.58. The van der Waals surface area contributed by atoms with E-state index in [1.54, 1.807) is 14.0 Å². The molecule has 0 aliphatic carbocycles. The van der Waals surface area contributed by atoms with Gasteiger partial charge in [-0.2, -0.15) is 0 Å². The first-order valence-electron chi connectivity index (χ1n) is 6.60. The maximum atomic E-state index is 11.9. The molecule has 0 saturated heterocycles. The van der Waals surface area contributed by atoms with E-state index in [-0.39, 0.29) is 5.91 Å². The van der Waals surface area contributed by atoms with Crippen molar-refractivity contribution < 1.29 is 9.53 Å². The second kappa shape index (κ2) is 7.52. The van der Waals surface area contributed by atoms with Gasteiger partial charge in [0.05, 0.1) is 7.11 Å². The summed E-state index contributed by atoms with van der Waals surface area (Å²) >= 11 is 0. The van der Waals surface area contributed by atoms with Crippen molar-refractivity contribution in [2.45, 2.75) is 26.8 Å². The molecule has 7 heteroatoms. The molecular formula is C13H23N5O2. The molecule has 0 aliphatic heterocycles. The number of amides is 1. The highest BCUT2D eigenvalue weighted by molar-refractivity contribution is 5.84. The van der Waals surface area contributed by atoms with E-state index in [0.29, 0.717) is 29.8 Å². The van der Waals surface area contributed by atoms with Gasteiger partial charge in [-0.1, -0.05) is 13.8 Å². The number of rotatable bonds is 7. The van der Waals surface area contributed by atoms with Crippen LogP contribution < -0.4 is 20.7 Å². The van der Waals surface area contributed by atoms with Crippen LogP contribution in [0.1, 0.15) is 20.8 Å². The third-order valence-electron chi connectivity index (χ3n) is 2.68. The molecule has 1 rings (SSSR count). The summed E-state index contributed by atoms with van der Waals surface area (Å²) in [6, 6.07) is -0.415. The molecule has 1 heterocycles. The first-order chi connectivity index (χ1) is 9.49. The largest absolute Gasteiger partial charge is 0.490 e. The van der Waals surface area contributed by atoms with Crippen LogP contribution in [-0.2, 0) is 4.79 Å². The van der Waals surface area contributed by atoms with Crippen molar-refractivity contribution in [2.75, 3.05) is 31.3 Å². The first kappa shape index (κ1) is 16.0. The standard InChI is InChI=1S/C13H23N5O2/c1-8(2)6-15-13(19)9(3)18-12-10(20-5)11(14-4)16-7-17-12/h7-9H,6H2,1-5H3,(H,15,19)(H2,14,16,17,18). The maximum Gasteiger partial charge on any atom is 0.242 e. The van der Waals surface area contributed by atoms with Crippen LogP contribution in [0.3, 0.4) is 0 Å². The Hall–Kier alpha value is -2.05. The van der Waals surface area contributed by atoms with Crippen LogP contribution in [0.25, 0.3) is 0 Å². The van der Waals surface area contributed by atoms with Crippen molar-refractivity contribution in [3.8, 4) is 5.75 Å². The Balaban J connectivity index is 2.75. The van der Waals surface area contributed by atoms with E-state index in [0.717, 1.165) is 0 Å². The maximum absolute atomic E-state index is 11.9. The van der Waals surface area contributed by atoms with Crippen molar-refractivity contribution >= 4 is 17.5 Å². The normalized spacial score (nSPS) is 11.9. The van der Waals surface area contributed by atoms with Gasteiger partial charge in [0.1, 0.15) is 12.4 Å². The van der Waals surface area contributed by atoms with Gasteiger partial charge < -0.3 is 20.7 Å². The summed E-state index contributed by atoms with van der Waals surface area (Å²) in [5.74, 6) is 1.87. The van der Waals surface area contributed by atoms with E-state index in [1.807, 2.05) is 13.8 Å². The van der Waals surface area contributed by atoms with E-state index in [2.05, 4.69) is 25.9 Å². The predicted octanol–water partition coefficient (Wildman–Crippen LogP) is 1.10. The van der Waals surface area contributed by atoms with Crippen LogP contribution in [0, 0.1) is 5.92 Å². The molecule has 0 fully saturated rings. The zero-order valence-electron chi connectivity index (χ0n) is 12.7. The summed E-state index contributed by atoms with van der Waals surface area (Å²) in [5.41, 5.74) is 0. The summed E-state index contributed by atoms with van der Waals surface area (Å²) in [7, 11) is 3.28. The van der Waals surface area contributed by atoms with Gasteiger partial charge in [0.25, 0.3) is 0 Å². The van der Waals surface area contributed by atoms with E-state index < -0.39 is 6.04 Å². The van der Waals surface area contributed by atoms with Crippen LogP contribution in [0.2, 0.25) is 0 Å². The van der Waals surface area contributed by atoms with E-state index in [1.165, 1.54) is 13.4 Å². The molecule has 1 unspecified atom stereocenters.